The van der Waals surface area contributed by atoms with Gasteiger partial charge in [-0.3, -0.25) is 4.79 Å². The number of hydrogen-bond acceptors (Lipinski definition) is 2. The van der Waals surface area contributed by atoms with Crippen LogP contribution in [0.3, 0.4) is 0 Å². The van der Waals surface area contributed by atoms with Gasteiger partial charge in [-0.15, -0.1) is 0 Å². The van der Waals surface area contributed by atoms with Gasteiger partial charge in [0.05, 0.1) is 0 Å². The molecular formula is C26H23ClN2O. The minimum Gasteiger partial charge on any atom is -0.322 e. The molecule has 4 heteroatoms. The van der Waals surface area contributed by atoms with Crippen LogP contribution in [0.25, 0.3) is 21.9 Å². The second-order valence-corrected chi connectivity index (χ2v) is 8.11. The molecule has 150 valence electrons. The number of carbonyl (C=O) groups excluding carboxylic acids is 1. The van der Waals surface area contributed by atoms with E-state index >= 15 is 0 Å². The number of nitrogens with one attached hydrogen (secondary N) is 1. The van der Waals surface area contributed by atoms with Crippen LogP contribution in [0.4, 0.5) is 5.69 Å². The molecule has 0 spiro atoms. The van der Waals surface area contributed by atoms with Crippen molar-refractivity contribution in [2.75, 3.05) is 19.4 Å². The summed E-state index contributed by atoms with van der Waals surface area (Å²) in [6.45, 7) is 0.893. The van der Waals surface area contributed by atoms with E-state index in [9.17, 15) is 4.79 Å². The third-order valence-corrected chi connectivity index (χ3v) is 5.24. The fourth-order valence-electron chi connectivity index (χ4n) is 3.49. The zero-order valence-electron chi connectivity index (χ0n) is 17.0. The zero-order valence-corrected chi connectivity index (χ0v) is 17.8. The van der Waals surface area contributed by atoms with Crippen LogP contribution in [0.2, 0.25) is 5.02 Å². The Morgan fingerprint density at radius 2 is 1.40 bits per heavy atom. The molecule has 1 amide bonds. The molecule has 3 nitrogen and oxygen atoms in total. The maximum Gasteiger partial charge on any atom is 0.255 e. The number of benzene rings is 4. The molecule has 0 saturated carbocycles. The van der Waals surface area contributed by atoms with Gasteiger partial charge in [-0.2, -0.15) is 0 Å². The summed E-state index contributed by atoms with van der Waals surface area (Å²) < 4.78 is 0. The SMILES string of the molecule is CN(C)Cc1ccc2cc(C(=O)Nc3ccc(-c4ccc(Cl)cc4)cc3)ccc2c1. The van der Waals surface area contributed by atoms with Crippen molar-refractivity contribution in [3.8, 4) is 11.1 Å². The first kappa shape index (κ1) is 20.1. The van der Waals surface area contributed by atoms with Crippen molar-refractivity contribution in [1.82, 2.24) is 4.90 Å². The van der Waals surface area contributed by atoms with Crippen LogP contribution in [0.1, 0.15) is 15.9 Å². The fraction of sp³-hybridized carbons (Fsp3) is 0.115. The summed E-state index contributed by atoms with van der Waals surface area (Å²) in [5.74, 6) is -0.117. The minimum absolute atomic E-state index is 0.117. The van der Waals surface area contributed by atoms with Crippen LogP contribution >= 0.6 is 11.6 Å². The van der Waals surface area contributed by atoms with Crippen LogP contribution in [-0.2, 0) is 6.54 Å². The largest absolute Gasteiger partial charge is 0.322 e. The lowest BCUT2D eigenvalue weighted by Crippen LogP contribution is -2.12. The maximum atomic E-state index is 12.7. The third kappa shape index (κ3) is 4.70. The Morgan fingerprint density at radius 1 is 0.800 bits per heavy atom. The lowest BCUT2D eigenvalue weighted by molar-refractivity contribution is 0.102. The Kier molecular flexibility index (Phi) is 5.84. The molecule has 0 heterocycles. The molecule has 4 rings (SSSR count). The van der Waals surface area contributed by atoms with Gasteiger partial charge in [-0.05, 0) is 84.0 Å². The first-order valence-electron chi connectivity index (χ1n) is 9.83. The predicted molar refractivity (Wildman–Crippen MR) is 126 cm³/mol. The highest BCUT2D eigenvalue weighted by atomic mass is 35.5. The highest BCUT2D eigenvalue weighted by Gasteiger charge is 2.08. The van der Waals surface area contributed by atoms with E-state index in [4.69, 9.17) is 11.6 Å². The molecule has 0 aliphatic carbocycles. The number of rotatable bonds is 5. The lowest BCUT2D eigenvalue weighted by atomic mass is 10.0. The molecule has 0 saturated heterocycles. The molecule has 4 aromatic carbocycles. The zero-order chi connectivity index (χ0) is 21.1. The van der Waals surface area contributed by atoms with Crippen LogP contribution in [0.15, 0.2) is 84.9 Å². The average molecular weight is 415 g/mol. The topological polar surface area (TPSA) is 32.3 Å². The van der Waals surface area contributed by atoms with E-state index in [0.717, 1.165) is 34.1 Å². The van der Waals surface area contributed by atoms with Crippen molar-refractivity contribution < 1.29 is 4.79 Å². The number of carbonyl (C=O) groups is 1. The highest BCUT2D eigenvalue weighted by Crippen LogP contribution is 2.24. The van der Waals surface area contributed by atoms with Gasteiger partial charge >= 0.3 is 0 Å². The van der Waals surface area contributed by atoms with E-state index in [1.54, 1.807) is 0 Å². The van der Waals surface area contributed by atoms with Crippen LogP contribution in [0, 0.1) is 0 Å². The van der Waals surface area contributed by atoms with Gasteiger partial charge in [0, 0.05) is 22.8 Å². The Hall–Kier alpha value is -3.14. The molecule has 0 radical (unpaired) electrons. The first-order valence-corrected chi connectivity index (χ1v) is 10.2. The molecule has 30 heavy (non-hydrogen) atoms. The molecule has 0 aliphatic rings. The van der Waals surface area contributed by atoms with E-state index in [-0.39, 0.29) is 5.91 Å². The summed E-state index contributed by atoms with van der Waals surface area (Å²) in [4.78, 5) is 14.9. The Bertz CT molecular complexity index is 1180. The standard InChI is InChI=1S/C26H23ClN2O/c1-29(2)17-18-3-4-22-16-23(6-5-21(22)15-18)26(30)28-25-13-9-20(10-14-25)19-7-11-24(27)12-8-19/h3-16H,17H2,1-2H3,(H,28,30). The maximum absolute atomic E-state index is 12.7. The average Bonchev–Trinajstić information content (AvgIpc) is 2.74. The van der Waals surface area contributed by atoms with Gasteiger partial charge in [-0.25, -0.2) is 0 Å². The van der Waals surface area contributed by atoms with Crippen LogP contribution in [-0.4, -0.2) is 24.9 Å². The molecule has 0 unspecified atom stereocenters. The third-order valence-electron chi connectivity index (χ3n) is 4.99. The Balaban J connectivity index is 1.49. The number of hydrogen-bond donors (Lipinski definition) is 1. The van der Waals surface area contributed by atoms with Crippen molar-refractivity contribution in [2.45, 2.75) is 6.54 Å². The van der Waals surface area contributed by atoms with Gasteiger partial charge in [-0.1, -0.05) is 54.1 Å². The smallest absolute Gasteiger partial charge is 0.255 e. The molecule has 0 bridgehead atoms. The summed E-state index contributed by atoms with van der Waals surface area (Å²) in [7, 11) is 4.11. The molecule has 0 atom stereocenters. The summed E-state index contributed by atoms with van der Waals surface area (Å²) in [5.41, 5.74) is 4.82. The monoisotopic (exact) mass is 414 g/mol. The second-order valence-electron chi connectivity index (χ2n) is 7.67. The Labute approximate surface area is 181 Å². The van der Waals surface area contributed by atoms with Crippen molar-refractivity contribution >= 4 is 34.0 Å². The summed E-state index contributed by atoms with van der Waals surface area (Å²) in [5, 5.41) is 5.89. The predicted octanol–water partition coefficient (Wildman–Crippen LogP) is 6.47. The van der Waals surface area contributed by atoms with Gasteiger partial charge in [0.25, 0.3) is 5.91 Å². The fourth-order valence-corrected chi connectivity index (χ4v) is 3.62. The van der Waals surface area contributed by atoms with Crippen LogP contribution in [0.5, 0.6) is 0 Å². The molecule has 0 aliphatic heterocycles. The lowest BCUT2D eigenvalue weighted by Gasteiger charge is -2.11. The van der Waals surface area contributed by atoms with E-state index in [0.29, 0.717) is 10.6 Å². The molecule has 0 aromatic heterocycles. The quantitative estimate of drug-likeness (QED) is 0.405. The second kappa shape index (κ2) is 8.70. The van der Waals surface area contributed by atoms with E-state index in [2.05, 4.69) is 42.5 Å². The molecule has 4 aromatic rings. The molecule has 1 N–H and O–H groups in total. The van der Waals surface area contributed by atoms with Gasteiger partial charge in [0.1, 0.15) is 0 Å². The molecule has 0 fully saturated rings. The van der Waals surface area contributed by atoms with Crippen LogP contribution < -0.4 is 5.32 Å². The summed E-state index contributed by atoms with van der Waals surface area (Å²) in [6, 6.07) is 27.7. The van der Waals surface area contributed by atoms with E-state index < -0.39 is 0 Å². The number of fused-ring (bicyclic) bond motifs is 1. The first-order chi connectivity index (χ1) is 14.5. The van der Waals surface area contributed by atoms with Gasteiger partial charge in [0.2, 0.25) is 0 Å². The van der Waals surface area contributed by atoms with Crippen molar-refractivity contribution in [1.29, 1.82) is 0 Å². The van der Waals surface area contributed by atoms with Gasteiger partial charge < -0.3 is 10.2 Å². The van der Waals surface area contributed by atoms with E-state index in [1.807, 2.05) is 66.7 Å². The van der Waals surface area contributed by atoms with Crippen molar-refractivity contribution in [2.24, 2.45) is 0 Å². The number of amides is 1. The summed E-state index contributed by atoms with van der Waals surface area (Å²) >= 11 is 5.95. The van der Waals surface area contributed by atoms with Crippen molar-refractivity contribution in [3.63, 3.8) is 0 Å². The summed E-state index contributed by atoms with van der Waals surface area (Å²) in [6.07, 6.45) is 0. The number of anilines is 1. The minimum atomic E-state index is -0.117. The number of halogens is 1. The van der Waals surface area contributed by atoms with Gasteiger partial charge in [0.15, 0.2) is 0 Å². The van der Waals surface area contributed by atoms with Crippen molar-refractivity contribution in [3.05, 3.63) is 101 Å². The normalized spacial score (nSPS) is 11.1. The highest BCUT2D eigenvalue weighted by molar-refractivity contribution is 6.30. The Morgan fingerprint density at radius 3 is 2.07 bits per heavy atom. The number of nitrogens with zero attached hydrogens (tertiary/aromatic N) is 1. The molecular weight excluding hydrogens is 392 g/mol. The van der Waals surface area contributed by atoms with E-state index in [1.165, 1.54) is 5.56 Å².